The molecule has 21 heavy (non-hydrogen) atoms. The number of anilines is 1. The van der Waals surface area contributed by atoms with Crippen molar-refractivity contribution in [2.45, 2.75) is 25.9 Å². The summed E-state index contributed by atoms with van der Waals surface area (Å²) in [4.78, 5) is 12.5. The number of amides is 1. The van der Waals surface area contributed by atoms with Crippen LogP contribution in [0.5, 0.6) is 0 Å². The number of nitrogens with two attached hydrogens (primary N) is 1. The average Bonchev–Trinajstić information content (AvgIpc) is 2.48. The molecule has 0 spiro atoms. The standard InChI is InChI=1S/C17H19FN2O/c1-12(2)19-16(13-6-4-3-5-7-13)17(21)20-15-10-8-14(18)9-11-15/h3-12,16,19H,1-2H3,(H,20,21)/p+1/t16-/m0/s1. The fourth-order valence-corrected chi connectivity index (χ4v) is 2.15. The highest BCUT2D eigenvalue weighted by atomic mass is 19.1. The molecule has 2 rings (SSSR count). The van der Waals surface area contributed by atoms with Gasteiger partial charge in [0.05, 0.1) is 6.04 Å². The Morgan fingerprint density at radius 1 is 1.05 bits per heavy atom. The molecule has 2 aromatic carbocycles. The molecule has 0 saturated carbocycles. The summed E-state index contributed by atoms with van der Waals surface area (Å²) in [7, 11) is 0. The van der Waals surface area contributed by atoms with Crippen LogP contribution in [0.3, 0.4) is 0 Å². The molecule has 2 aromatic rings. The van der Waals surface area contributed by atoms with Gasteiger partial charge < -0.3 is 10.6 Å². The van der Waals surface area contributed by atoms with Gasteiger partial charge in [-0.05, 0) is 38.1 Å². The molecule has 0 fully saturated rings. The van der Waals surface area contributed by atoms with Gasteiger partial charge in [0, 0.05) is 11.3 Å². The van der Waals surface area contributed by atoms with Crippen LogP contribution in [0, 0.1) is 5.82 Å². The molecule has 0 saturated heterocycles. The first-order valence-electron chi connectivity index (χ1n) is 7.02. The van der Waals surface area contributed by atoms with Crippen molar-refractivity contribution >= 4 is 11.6 Å². The van der Waals surface area contributed by atoms with Gasteiger partial charge in [0.15, 0.2) is 6.04 Å². The van der Waals surface area contributed by atoms with Crippen molar-refractivity contribution in [2.24, 2.45) is 0 Å². The van der Waals surface area contributed by atoms with Gasteiger partial charge in [-0.3, -0.25) is 4.79 Å². The van der Waals surface area contributed by atoms with Crippen molar-refractivity contribution < 1.29 is 14.5 Å². The molecule has 1 amide bonds. The third kappa shape index (κ3) is 4.39. The smallest absolute Gasteiger partial charge is 0.287 e. The summed E-state index contributed by atoms with van der Waals surface area (Å²) in [5.74, 6) is -0.428. The number of quaternary nitrogens is 1. The molecule has 0 aliphatic rings. The molecule has 3 nitrogen and oxygen atoms in total. The number of carbonyl (C=O) groups is 1. The predicted molar refractivity (Wildman–Crippen MR) is 81.3 cm³/mol. The Balaban J connectivity index is 2.16. The molecule has 110 valence electrons. The van der Waals surface area contributed by atoms with E-state index in [9.17, 15) is 9.18 Å². The van der Waals surface area contributed by atoms with E-state index in [0.29, 0.717) is 5.69 Å². The van der Waals surface area contributed by atoms with E-state index in [-0.39, 0.29) is 23.8 Å². The van der Waals surface area contributed by atoms with Gasteiger partial charge in [0.1, 0.15) is 5.82 Å². The number of rotatable bonds is 5. The lowest BCUT2D eigenvalue weighted by Gasteiger charge is -2.18. The van der Waals surface area contributed by atoms with Crippen LogP contribution in [0.1, 0.15) is 25.5 Å². The Labute approximate surface area is 124 Å². The van der Waals surface area contributed by atoms with Crippen LogP contribution in [-0.4, -0.2) is 11.9 Å². The summed E-state index contributed by atoms with van der Waals surface area (Å²) in [6.45, 7) is 4.09. The number of benzene rings is 2. The Kier molecular flexibility index (Phi) is 5.06. The molecule has 1 atom stereocenters. The minimum Gasteiger partial charge on any atom is -0.330 e. The Morgan fingerprint density at radius 3 is 2.24 bits per heavy atom. The van der Waals surface area contributed by atoms with Crippen molar-refractivity contribution in [2.75, 3.05) is 5.32 Å². The SMILES string of the molecule is CC(C)[NH2+][C@H](C(=O)Nc1ccc(F)cc1)c1ccccc1. The zero-order chi connectivity index (χ0) is 15.2. The van der Waals surface area contributed by atoms with E-state index in [1.165, 1.54) is 12.1 Å². The highest BCUT2D eigenvalue weighted by Crippen LogP contribution is 2.13. The van der Waals surface area contributed by atoms with Gasteiger partial charge in [0.25, 0.3) is 5.91 Å². The fourth-order valence-electron chi connectivity index (χ4n) is 2.15. The minimum absolute atomic E-state index is 0.110. The van der Waals surface area contributed by atoms with Crippen LogP contribution >= 0.6 is 0 Å². The highest BCUT2D eigenvalue weighted by Gasteiger charge is 2.25. The van der Waals surface area contributed by atoms with Gasteiger partial charge in [-0.1, -0.05) is 30.3 Å². The summed E-state index contributed by atoms with van der Waals surface area (Å²) >= 11 is 0. The summed E-state index contributed by atoms with van der Waals surface area (Å²) in [5, 5.41) is 4.84. The fraction of sp³-hybridized carbons (Fsp3) is 0.235. The van der Waals surface area contributed by atoms with Crippen molar-refractivity contribution in [3.8, 4) is 0 Å². The average molecular weight is 287 g/mol. The van der Waals surface area contributed by atoms with Crippen LogP contribution in [0.4, 0.5) is 10.1 Å². The Bertz CT molecular complexity index is 581. The van der Waals surface area contributed by atoms with Crippen LogP contribution in [0.25, 0.3) is 0 Å². The first-order valence-corrected chi connectivity index (χ1v) is 7.02. The second-order valence-electron chi connectivity index (χ2n) is 5.32. The Morgan fingerprint density at radius 2 is 1.67 bits per heavy atom. The summed E-state index contributed by atoms with van der Waals surface area (Å²) in [6.07, 6.45) is 0. The topological polar surface area (TPSA) is 45.7 Å². The highest BCUT2D eigenvalue weighted by molar-refractivity contribution is 5.94. The predicted octanol–water partition coefficient (Wildman–Crippen LogP) is 2.48. The Hall–Kier alpha value is -2.20. The molecule has 0 heterocycles. The largest absolute Gasteiger partial charge is 0.330 e. The van der Waals surface area contributed by atoms with E-state index in [4.69, 9.17) is 0 Å². The second kappa shape index (κ2) is 6.99. The van der Waals surface area contributed by atoms with Crippen LogP contribution in [0.2, 0.25) is 0 Å². The van der Waals surface area contributed by atoms with Gasteiger partial charge in [-0.15, -0.1) is 0 Å². The van der Waals surface area contributed by atoms with Gasteiger partial charge in [-0.2, -0.15) is 0 Å². The molecular formula is C17H20FN2O+. The molecule has 0 radical (unpaired) electrons. The van der Waals surface area contributed by atoms with Crippen LogP contribution in [-0.2, 0) is 4.79 Å². The quantitative estimate of drug-likeness (QED) is 0.872. The molecule has 0 aliphatic heterocycles. The van der Waals surface area contributed by atoms with E-state index in [0.717, 1.165) is 5.56 Å². The number of carbonyl (C=O) groups excluding carboxylic acids is 1. The maximum absolute atomic E-state index is 12.9. The monoisotopic (exact) mass is 287 g/mol. The number of hydrogen-bond donors (Lipinski definition) is 2. The summed E-state index contributed by atoms with van der Waals surface area (Å²) in [6, 6.07) is 15.4. The molecule has 3 N–H and O–H groups in total. The third-order valence-corrected chi connectivity index (χ3v) is 3.13. The maximum Gasteiger partial charge on any atom is 0.287 e. The number of hydrogen-bond acceptors (Lipinski definition) is 1. The van der Waals surface area contributed by atoms with E-state index in [2.05, 4.69) is 5.32 Å². The minimum atomic E-state index is -0.323. The van der Waals surface area contributed by atoms with Crippen molar-refractivity contribution in [1.82, 2.24) is 0 Å². The molecule has 0 unspecified atom stereocenters. The number of halogens is 1. The van der Waals surface area contributed by atoms with E-state index >= 15 is 0 Å². The zero-order valence-electron chi connectivity index (χ0n) is 12.2. The third-order valence-electron chi connectivity index (χ3n) is 3.13. The van der Waals surface area contributed by atoms with Crippen molar-refractivity contribution in [3.63, 3.8) is 0 Å². The first-order chi connectivity index (χ1) is 10.1. The lowest BCUT2D eigenvalue weighted by molar-refractivity contribution is -0.709. The normalized spacial score (nSPS) is 12.2. The van der Waals surface area contributed by atoms with E-state index < -0.39 is 0 Å². The molecule has 0 aromatic heterocycles. The van der Waals surface area contributed by atoms with Crippen molar-refractivity contribution in [1.29, 1.82) is 0 Å². The number of nitrogens with one attached hydrogen (secondary N) is 1. The second-order valence-corrected chi connectivity index (χ2v) is 5.32. The maximum atomic E-state index is 12.9. The summed E-state index contributed by atoms with van der Waals surface area (Å²) < 4.78 is 12.9. The van der Waals surface area contributed by atoms with Crippen LogP contribution < -0.4 is 10.6 Å². The summed E-state index contributed by atoms with van der Waals surface area (Å²) in [5.41, 5.74) is 1.55. The molecular weight excluding hydrogens is 267 g/mol. The molecule has 0 bridgehead atoms. The van der Waals surface area contributed by atoms with Crippen molar-refractivity contribution in [3.05, 3.63) is 66.0 Å². The molecule has 4 heteroatoms. The zero-order valence-corrected chi connectivity index (χ0v) is 12.2. The van der Waals surface area contributed by atoms with Gasteiger partial charge >= 0.3 is 0 Å². The lowest BCUT2D eigenvalue weighted by atomic mass is 10.1. The van der Waals surface area contributed by atoms with Gasteiger partial charge in [-0.25, -0.2) is 4.39 Å². The lowest BCUT2D eigenvalue weighted by Crippen LogP contribution is -2.91. The molecule has 0 aliphatic carbocycles. The first kappa shape index (κ1) is 15.2. The van der Waals surface area contributed by atoms with Crippen LogP contribution in [0.15, 0.2) is 54.6 Å². The van der Waals surface area contributed by atoms with E-state index in [1.807, 2.05) is 49.5 Å². The van der Waals surface area contributed by atoms with Gasteiger partial charge in [0.2, 0.25) is 0 Å². The van der Waals surface area contributed by atoms with E-state index in [1.54, 1.807) is 12.1 Å².